The van der Waals surface area contributed by atoms with Crippen LogP contribution in [0.5, 0.6) is 0 Å². The first-order chi connectivity index (χ1) is 6.15. The minimum atomic E-state index is -0.798. The summed E-state index contributed by atoms with van der Waals surface area (Å²) in [5.41, 5.74) is -0.342. The van der Waals surface area contributed by atoms with Gasteiger partial charge in [0.15, 0.2) is 11.6 Å². The topological polar surface area (TPSA) is 53.8 Å². The van der Waals surface area contributed by atoms with E-state index < -0.39 is 11.6 Å². The number of aromatic nitrogens is 1. The monoisotopic (exact) mass is 198 g/mol. The van der Waals surface area contributed by atoms with Crippen LogP contribution in [-0.2, 0) is 0 Å². The van der Waals surface area contributed by atoms with Crippen molar-refractivity contribution >= 4 is 17.4 Å². The minimum absolute atomic E-state index is 0.117. The van der Waals surface area contributed by atoms with Crippen LogP contribution >= 0.6 is 11.6 Å². The molecule has 0 radical (unpaired) electrons. The molecule has 0 amide bonds. The lowest BCUT2D eigenvalue weighted by molar-refractivity contribution is 0.0989. The maximum absolute atomic E-state index is 12.9. The second-order valence-corrected chi connectivity index (χ2v) is 2.68. The first-order valence-corrected chi connectivity index (χ1v) is 3.74. The summed E-state index contributed by atoms with van der Waals surface area (Å²) in [6.07, 6.45) is 0.779. The van der Waals surface area contributed by atoms with Crippen LogP contribution in [0.25, 0.3) is 0 Å². The van der Waals surface area contributed by atoms with Gasteiger partial charge in [-0.15, -0.1) is 0 Å². The molecule has 0 unspecified atom stereocenters. The Balaban J connectivity index is 3.03. The van der Waals surface area contributed by atoms with Crippen molar-refractivity contribution in [1.82, 2.24) is 4.98 Å². The summed E-state index contributed by atoms with van der Waals surface area (Å²) < 4.78 is 12.9. The van der Waals surface area contributed by atoms with Crippen LogP contribution in [-0.4, -0.2) is 10.8 Å². The number of hydrogen-bond acceptors (Lipinski definition) is 3. The van der Waals surface area contributed by atoms with Gasteiger partial charge < -0.3 is 0 Å². The molecule has 1 heterocycles. The largest absolute Gasteiger partial charge is 0.291 e. The molecule has 0 aromatic carbocycles. The zero-order valence-corrected chi connectivity index (χ0v) is 7.18. The van der Waals surface area contributed by atoms with Gasteiger partial charge in [-0.05, 0) is 6.07 Å². The van der Waals surface area contributed by atoms with Gasteiger partial charge in [0.25, 0.3) is 0 Å². The number of nitriles is 1. The third-order valence-corrected chi connectivity index (χ3v) is 1.52. The number of halogens is 2. The summed E-state index contributed by atoms with van der Waals surface area (Å²) >= 11 is 5.42. The molecule has 1 aromatic heterocycles. The fourth-order valence-corrected chi connectivity index (χ4v) is 0.920. The van der Waals surface area contributed by atoms with Crippen molar-refractivity contribution in [3.8, 4) is 6.07 Å². The highest BCUT2D eigenvalue weighted by atomic mass is 35.5. The summed E-state index contributed by atoms with van der Waals surface area (Å²) in [5.74, 6) is -1.44. The summed E-state index contributed by atoms with van der Waals surface area (Å²) in [6.45, 7) is 0. The summed E-state index contributed by atoms with van der Waals surface area (Å²) in [6, 6.07) is 2.60. The van der Waals surface area contributed by atoms with Crippen molar-refractivity contribution in [2.24, 2.45) is 0 Å². The first kappa shape index (κ1) is 9.62. The third kappa shape index (κ3) is 2.23. The van der Waals surface area contributed by atoms with Gasteiger partial charge >= 0.3 is 0 Å². The SMILES string of the molecule is N#CCC(=O)c1ncc(Cl)cc1F. The number of nitrogens with zero attached hydrogens (tertiary/aromatic N) is 2. The van der Waals surface area contributed by atoms with E-state index in [2.05, 4.69) is 4.98 Å². The second-order valence-electron chi connectivity index (χ2n) is 2.24. The van der Waals surface area contributed by atoms with Gasteiger partial charge in [-0.3, -0.25) is 4.79 Å². The number of rotatable bonds is 2. The number of ketones is 1. The van der Waals surface area contributed by atoms with E-state index in [0.29, 0.717) is 0 Å². The Morgan fingerprint density at radius 3 is 3.00 bits per heavy atom. The highest BCUT2D eigenvalue weighted by molar-refractivity contribution is 6.30. The smallest absolute Gasteiger partial charge is 0.198 e. The van der Waals surface area contributed by atoms with Crippen LogP contribution in [0, 0.1) is 17.1 Å². The Labute approximate surface area is 78.8 Å². The molecule has 0 aliphatic heterocycles. The van der Waals surface area contributed by atoms with E-state index in [0.717, 1.165) is 12.3 Å². The highest BCUT2D eigenvalue weighted by Crippen LogP contribution is 2.12. The Kier molecular flexibility index (Phi) is 2.93. The zero-order valence-electron chi connectivity index (χ0n) is 6.42. The lowest BCUT2D eigenvalue weighted by atomic mass is 10.2. The molecule has 0 bridgehead atoms. The van der Waals surface area contributed by atoms with Crippen molar-refractivity contribution in [2.75, 3.05) is 0 Å². The highest BCUT2D eigenvalue weighted by Gasteiger charge is 2.12. The average Bonchev–Trinajstić information content (AvgIpc) is 2.04. The molecule has 3 nitrogen and oxygen atoms in total. The van der Waals surface area contributed by atoms with Gasteiger partial charge in [0.2, 0.25) is 0 Å². The van der Waals surface area contributed by atoms with E-state index in [9.17, 15) is 9.18 Å². The molecule has 0 saturated heterocycles. The third-order valence-electron chi connectivity index (χ3n) is 1.31. The van der Waals surface area contributed by atoms with Gasteiger partial charge in [0.1, 0.15) is 12.1 Å². The van der Waals surface area contributed by atoms with Crippen LogP contribution in [0.3, 0.4) is 0 Å². The normalized spacial score (nSPS) is 9.31. The second kappa shape index (κ2) is 3.97. The standard InChI is InChI=1S/C8H4ClFN2O/c9-5-3-6(10)8(12-4-5)7(13)1-2-11/h3-4H,1H2. The van der Waals surface area contributed by atoms with Gasteiger partial charge in [0.05, 0.1) is 11.1 Å². The molecule has 1 aromatic rings. The van der Waals surface area contributed by atoms with E-state index in [1.807, 2.05) is 0 Å². The van der Waals surface area contributed by atoms with Crippen molar-refractivity contribution in [2.45, 2.75) is 6.42 Å². The molecule has 0 saturated carbocycles. The van der Waals surface area contributed by atoms with Crippen molar-refractivity contribution in [3.05, 3.63) is 28.8 Å². The summed E-state index contributed by atoms with van der Waals surface area (Å²) in [4.78, 5) is 14.5. The van der Waals surface area contributed by atoms with E-state index >= 15 is 0 Å². The maximum atomic E-state index is 12.9. The van der Waals surface area contributed by atoms with Gasteiger partial charge in [-0.1, -0.05) is 11.6 Å². The molecule has 0 spiro atoms. The van der Waals surface area contributed by atoms with Crippen molar-refractivity contribution in [3.63, 3.8) is 0 Å². The molecule has 0 aliphatic rings. The predicted octanol–water partition coefficient (Wildman–Crippen LogP) is 1.97. The quantitative estimate of drug-likeness (QED) is 0.683. The van der Waals surface area contributed by atoms with Gasteiger partial charge in [-0.2, -0.15) is 5.26 Å². The number of carbonyl (C=O) groups excluding carboxylic acids is 1. The van der Waals surface area contributed by atoms with E-state index in [1.165, 1.54) is 0 Å². The van der Waals surface area contributed by atoms with Crippen LogP contribution in [0.1, 0.15) is 16.9 Å². The Hall–Kier alpha value is -1.47. The number of carbonyl (C=O) groups is 1. The van der Waals surface area contributed by atoms with E-state index in [4.69, 9.17) is 16.9 Å². The van der Waals surface area contributed by atoms with Crippen molar-refractivity contribution < 1.29 is 9.18 Å². The van der Waals surface area contributed by atoms with Crippen LogP contribution < -0.4 is 0 Å². The molecule has 0 atom stereocenters. The molecule has 66 valence electrons. The lowest BCUT2D eigenvalue weighted by Crippen LogP contribution is -2.04. The van der Waals surface area contributed by atoms with E-state index in [-0.39, 0.29) is 17.1 Å². The van der Waals surface area contributed by atoms with E-state index in [1.54, 1.807) is 6.07 Å². The average molecular weight is 199 g/mol. The molecule has 1 rings (SSSR count). The zero-order chi connectivity index (χ0) is 9.84. The molecule has 13 heavy (non-hydrogen) atoms. The van der Waals surface area contributed by atoms with Gasteiger partial charge in [-0.25, -0.2) is 9.37 Å². The molecular weight excluding hydrogens is 195 g/mol. The Morgan fingerprint density at radius 1 is 1.77 bits per heavy atom. The Bertz CT molecular complexity index is 386. The summed E-state index contributed by atoms with van der Waals surface area (Å²) in [5, 5.41) is 8.31. The first-order valence-electron chi connectivity index (χ1n) is 3.36. The Morgan fingerprint density at radius 2 is 2.46 bits per heavy atom. The van der Waals surface area contributed by atoms with Gasteiger partial charge in [0, 0.05) is 6.20 Å². The number of Topliss-reactive ketones (excluding diaryl/α,β-unsaturated/α-hetero) is 1. The van der Waals surface area contributed by atoms with Crippen LogP contribution in [0.15, 0.2) is 12.3 Å². The lowest BCUT2D eigenvalue weighted by Gasteiger charge is -1.97. The molecule has 0 N–H and O–H groups in total. The minimum Gasteiger partial charge on any atom is -0.291 e. The molecule has 0 aliphatic carbocycles. The summed E-state index contributed by atoms with van der Waals surface area (Å²) in [7, 11) is 0. The fraction of sp³-hybridized carbons (Fsp3) is 0.125. The number of pyridine rings is 1. The van der Waals surface area contributed by atoms with Crippen LogP contribution in [0.4, 0.5) is 4.39 Å². The van der Waals surface area contributed by atoms with Crippen LogP contribution in [0.2, 0.25) is 5.02 Å². The fourth-order valence-electron chi connectivity index (χ4n) is 0.775. The molecule has 5 heteroatoms. The van der Waals surface area contributed by atoms with Crippen molar-refractivity contribution in [1.29, 1.82) is 5.26 Å². The maximum Gasteiger partial charge on any atom is 0.198 e. The number of hydrogen-bond donors (Lipinski definition) is 0. The molecule has 0 fully saturated rings. The predicted molar refractivity (Wildman–Crippen MR) is 43.8 cm³/mol. The molecular formula is C8H4ClFN2O.